The van der Waals surface area contributed by atoms with Gasteiger partial charge in [0.05, 0.1) is 6.61 Å². The number of ether oxygens (including phenoxy) is 1. The predicted molar refractivity (Wildman–Crippen MR) is 62.8 cm³/mol. The molecule has 1 aromatic rings. The first-order valence-electron chi connectivity index (χ1n) is 5.69. The van der Waals surface area contributed by atoms with Crippen LogP contribution in [-0.2, 0) is 11.3 Å². The molecule has 0 amide bonds. The van der Waals surface area contributed by atoms with E-state index >= 15 is 0 Å². The third kappa shape index (κ3) is 4.64. The fourth-order valence-corrected chi connectivity index (χ4v) is 1.40. The van der Waals surface area contributed by atoms with E-state index in [1.807, 2.05) is 0 Å². The molecule has 0 fully saturated rings. The van der Waals surface area contributed by atoms with Gasteiger partial charge in [0.2, 0.25) is 0 Å². The summed E-state index contributed by atoms with van der Waals surface area (Å²) >= 11 is 0. The summed E-state index contributed by atoms with van der Waals surface area (Å²) in [6, 6.07) is 2.16. The van der Waals surface area contributed by atoms with E-state index in [1.165, 1.54) is 6.07 Å². The molecule has 0 saturated carbocycles. The highest BCUT2D eigenvalue weighted by molar-refractivity contribution is 5.20. The van der Waals surface area contributed by atoms with Crippen LogP contribution < -0.4 is 10.6 Å². The van der Waals surface area contributed by atoms with E-state index in [2.05, 4.69) is 10.6 Å². The lowest BCUT2D eigenvalue weighted by Gasteiger charge is -2.07. The number of hydrogen-bond donors (Lipinski definition) is 2. The van der Waals surface area contributed by atoms with Crippen LogP contribution in [0.25, 0.3) is 0 Å². The molecule has 0 radical (unpaired) electrons. The lowest BCUT2D eigenvalue weighted by atomic mass is 10.2. The van der Waals surface area contributed by atoms with Gasteiger partial charge in [0, 0.05) is 38.9 Å². The number of nitrogens with one attached hydrogen (secondary N) is 2. The van der Waals surface area contributed by atoms with E-state index in [0.717, 1.165) is 12.6 Å². The fourth-order valence-electron chi connectivity index (χ4n) is 1.40. The maximum absolute atomic E-state index is 13.3. The van der Waals surface area contributed by atoms with Gasteiger partial charge in [-0.05, 0) is 6.07 Å². The first-order valence-corrected chi connectivity index (χ1v) is 5.69. The number of halogens is 3. The van der Waals surface area contributed by atoms with Crippen LogP contribution in [0.4, 0.5) is 13.2 Å². The molecule has 0 heterocycles. The first kappa shape index (κ1) is 14.9. The van der Waals surface area contributed by atoms with Crippen LogP contribution >= 0.6 is 0 Å². The van der Waals surface area contributed by atoms with E-state index in [1.54, 1.807) is 7.11 Å². The Kier molecular flexibility index (Phi) is 6.70. The van der Waals surface area contributed by atoms with Crippen molar-refractivity contribution < 1.29 is 17.9 Å². The van der Waals surface area contributed by atoms with Crippen molar-refractivity contribution in [2.24, 2.45) is 0 Å². The SMILES string of the molecule is COCCNCCNCc1ccc(F)c(F)c1F. The van der Waals surface area contributed by atoms with Crippen LogP contribution in [0.5, 0.6) is 0 Å². The van der Waals surface area contributed by atoms with Crippen molar-refractivity contribution in [2.45, 2.75) is 6.54 Å². The Balaban J connectivity index is 2.25. The Morgan fingerprint density at radius 3 is 2.44 bits per heavy atom. The monoisotopic (exact) mass is 262 g/mol. The molecule has 2 N–H and O–H groups in total. The van der Waals surface area contributed by atoms with Crippen LogP contribution in [0.1, 0.15) is 5.56 Å². The molecule has 0 aliphatic heterocycles. The molecule has 18 heavy (non-hydrogen) atoms. The summed E-state index contributed by atoms with van der Waals surface area (Å²) in [4.78, 5) is 0. The number of rotatable bonds is 8. The third-order valence-corrected chi connectivity index (χ3v) is 2.39. The van der Waals surface area contributed by atoms with Crippen LogP contribution in [0.2, 0.25) is 0 Å². The molecule has 0 aliphatic rings. The minimum absolute atomic E-state index is 0.116. The number of hydrogen-bond acceptors (Lipinski definition) is 3. The normalized spacial score (nSPS) is 10.9. The van der Waals surface area contributed by atoms with Gasteiger partial charge in [-0.15, -0.1) is 0 Å². The van der Waals surface area contributed by atoms with Crippen molar-refractivity contribution >= 4 is 0 Å². The molecule has 1 aromatic carbocycles. The summed E-state index contributed by atoms with van der Waals surface area (Å²) in [5, 5.41) is 6.03. The minimum Gasteiger partial charge on any atom is -0.383 e. The van der Waals surface area contributed by atoms with Crippen LogP contribution in [-0.4, -0.2) is 33.4 Å². The maximum atomic E-state index is 13.3. The molecule has 0 aliphatic carbocycles. The van der Waals surface area contributed by atoms with Gasteiger partial charge in [0.1, 0.15) is 0 Å². The lowest BCUT2D eigenvalue weighted by Crippen LogP contribution is -2.29. The minimum atomic E-state index is -1.42. The van der Waals surface area contributed by atoms with Gasteiger partial charge < -0.3 is 15.4 Å². The molecule has 6 heteroatoms. The topological polar surface area (TPSA) is 33.3 Å². The molecule has 0 bridgehead atoms. The summed E-state index contributed by atoms with van der Waals surface area (Å²) in [5.41, 5.74) is 0.116. The zero-order valence-electron chi connectivity index (χ0n) is 10.2. The van der Waals surface area contributed by atoms with E-state index in [0.29, 0.717) is 19.7 Å². The van der Waals surface area contributed by atoms with Crippen molar-refractivity contribution in [1.82, 2.24) is 10.6 Å². The zero-order valence-corrected chi connectivity index (χ0v) is 10.2. The van der Waals surface area contributed by atoms with Crippen molar-refractivity contribution in [1.29, 1.82) is 0 Å². The summed E-state index contributed by atoms with van der Waals surface area (Å²) in [6.07, 6.45) is 0. The van der Waals surface area contributed by atoms with Crippen LogP contribution in [0.3, 0.4) is 0 Å². The second-order valence-electron chi connectivity index (χ2n) is 3.75. The quantitative estimate of drug-likeness (QED) is 0.549. The molecular weight excluding hydrogens is 245 g/mol. The molecule has 1 rings (SSSR count). The van der Waals surface area contributed by atoms with Crippen molar-refractivity contribution in [2.75, 3.05) is 33.4 Å². The Morgan fingerprint density at radius 2 is 1.72 bits per heavy atom. The van der Waals surface area contributed by atoms with Gasteiger partial charge in [-0.2, -0.15) is 0 Å². The van der Waals surface area contributed by atoms with Crippen molar-refractivity contribution in [3.63, 3.8) is 0 Å². The Labute approximate surface area is 104 Å². The number of methoxy groups -OCH3 is 1. The standard InChI is InChI=1S/C12H17F3N2O/c1-18-7-6-16-4-5-17-8-9-2-3-10(13)12(15)11(9)14/h2-3,16-17H,4-8H2,1H3. The maximum Gasteiger partial charge on any atom is 0.194 e. The first-order chi connectivity index (χ1) is 8.66. The Hall–Kier alpha value is -1.11. The number of benzene rings is 1. The highest BCUT2D eigenvalue weighted by Crippen LogP contribution is 2.14. The van der Waals surface area contributed by atoms with Gasteiger partial charge in [0.25, 0.3) is 0 Å². The lowest BCUT2D eigenvalue weighted by molar-refractivity contribution is 0.199. The molecular formula is C12H17F3N2O. The second kappa shape index (κ2) is 8.07. The van der Waals surface area contributed by atoms with Gasteiger partial charge in [0.15, 0.2) is 17.5 Å². The molecule has 0 aromatic heterocycles. The van der Waals surface area contributed by atoms with E-state index in [9.17, 15) is 13.2 Å². The molecule has 0 spiro atoms. The average Bonchev–Trinajstić information content (AvgIpc) is 2.37. The van der Waals surface area contributed by atoms with Crippen LogP contribution in [0.15, 0.2) is 12.1 Å². The smallest absolute Gasteiger partial charge is 0.194 e. The predicted octanol–water partition coefficient (Wildman–Crippen LogP) is 1.43. The van der Waals surface area contributed by atoms with Gasteiger partial charge in [-0.1, -0.05) is 6.07 Å². The second-order valence-corrected chi connectivity index (χ2v) is 3.75. The van der Waals surface area contributed by atoms with Gasteiger partial charge >= 0.3 is 0 Å². The Bertz CT molecular complexity index is 375. The van der Waals surface area contributed by atoms with Crippen LogP contribution in [0, 0.1) is 17.5 Å². The summed E-state index contributed by atoms with van der Waals surface area (Å²) in [7, 11) is 1.62. The highest BCUT2D eigenvalue weighted by Gasteiger charge is 2.12. The van der Waals surface area contributed by atoms with Crippen molar-refractivity contribution in [3.05, 3.63) is 35.1 Å². The Morgan fingerprint density at radius 1 is 1.00 bits per heavy atom. The highest BCUT2D eigenvalue weighted by atomic mass is 19.2. The van der Waals surface area contributed by atoms with E-state index in [-0.39, 0.29) is 12.1 Å². The molecule has 0 atom stereocenters. The zero-order chi connectivity index (χ0) is 13.4. The summed E-state index contributed by atoms with van der Waals surface area (Å²) in [5.74, 6) is -3.72. The molecule has 3 nitrogen and oxygen atoms in total. The van der Waals surface area contributed by atoms with Gasteiger partial charge in [-0.25, -0.2) is 13.2 Å². The largest absolute Gasteiger partial charge is 0.383 e. The van der Waals surface area contributed by atoms with Crippen molar-refractivity contribution in [3.8, 4) is 0 Å². The van der Waals surface area contributed by atoms with E-state index in [4.69, 9.17) is 4.74 Å². The fraction of sp³-hybridized carbons (Fsp3) is 0.500. The third-order valence-electron chi connectivity index (χ3n) is 2.39. The molecule has 0 unspecified atom stereocenters. The average molecular weight is 262 g/mol. The summed E-state index contributed by atoms with van der Waals surface area (Å²) in [6.45, 7) is 2.81. The van der Waals surface area contributed by atoms with Gasteiger partial charge in [-0.3, -0.25) is 0 Å². The van der Waals surface area contributed by atoms with E-state index < -0.39 is 17.5 Å². The molecule has 102 valence electrons. The molecule has 0 saturated heterocycles. The summed E-state index contributed by atoms with van der Waals surface area (Å²) < 4.78 is 43.7.